The van der Waals surface area contributed by atoms with Gasteiger partial charge in [0.2, 0.25) is 0 Å². The van der Waals surface area contributed by atoms with Gasteiger partial charge in [-0.2, -0.15) is 0 Å². The van der Waals surface area contributed by atoms with Crippen molar-refractivity contribution in [2.45, 2.75) is 65.6 Å². The molecule has 0 aliphatic rings. The van der Waals surface area contributed by atoms with Crippen LogP contribution in [0.5, 0.6) is 0 Å². The monoisotopic (exact) mass is 953 g/mol. The Bertz CT molecular complexity index is 2900. The molecule has 293 valence electrons. The number of nitrogens with zero attached hydrogens (tertiary/aromatic N) is 3. The van der Waals surface area contributed by atoms with Crippen LogP contribution in [0.3, 0.4) is 0 Å². The molecule has 0 aliphatic heterocycles. The van der Waals surface area contributed by atoms with Crippen molar-refractivity contribution >= 4 is 46.2 Å². The molecule has 0 N–H and O–H groups in total. The van der Waals surface area contributed by atoms with Gasteiger partial charge in [-0.05, 0) is 63.6 Å². The van der Waals surface area contributed by atoms with Crippen LogP contribution in [0.1, 0.15) is 53.0 Å². The van der Waals surface area contributed by atoms with Crippen LogP contribution in [0, 0.1) is 12.1 Å². The Morgan fingerprint density at radius 1 is 0.759 bits per heavy atom. The zero-order chi connectivity index (χ0) is 40.8. The number of aromatic nitrogens is 3. The first-order valence-corrected chi connectivity index (χ1v) is 23.2. The van der Waals surface area contributed by atoms with Crippen molar-refractivity contribution in [1.29, 1.82) is 0 Å². The van der Waals surface area contributed by atoms with E-state index in [0.29, 0.717) is 0 Å². The van der Waals surface area contributed by atoms with Crippen molar-refractivity contribution in [3.8, 4) is 39.5 Å². The molecule has 3 heterocycles. The van der Waals surface area contributed by atoms with Crippen LogP contribution in [-0.2, 0) is 25.5 Å². The number of imidazole rings is 1. The molecule has 0 unspecified atom stereocenters. The summed E-state index contributed by atoms with van der Waals surface area (Å²) in [6, 6.07) is 54.6. The Morgan fingerprint density at radius 2 is 1.48 bits per heavy atom. The van der Waals surface area contributed by atoms with Gasteiger partial charge in [0, 0.05) is 44.3 Å². The van der Waals surface area contributed by atoms with Gasteiger partial charge < -0.3 is 14.0 Å². The average Bonchev–Trinajstić information content (AvgIpc) is 3.79. The average molecular weight is 953 g/mol. The van der Waals surface area contributed by atoms with Gasteiger partial charge in [0.1, 0.15) is 5.58 Å². The second-order valence-electron chi connectivity index (χ2n) is 16.9. The third-order valence-corrected chi connectivity index (χ3v) is 12.6. The maximum absolute atomic E-state index is 8.44. The standard InChI is InChI=1S/C35H27N2O.C17H22NSi.Ir/c1-35(2,3)24-20-21-30(28(22-24)23-12-5-4-6-13-23)37-31-18-9-8-17-29(31)36-34(37)27-16-11-15-26-25-14-7-10-19-32(25)38-33(26)27;1-13(2)15-11-16(14-9-7-6-8-10-14)18-12-17(15)19(3,4)5;/h4-15,17-22H,1-3H3;6-9,11-13H,1-5H3;/q2*-1;/i;13D;. The maximum atomic E-state index is 8.44. The molecule has 58 heavy (non-hydrogen) atoms. The van der Waals surface area contributed by atoms with E-state index in [0.717, 1.165) is 66.9 Å². The van der Waals surface area contributed by atoms with E-state index in [1.165, 1.54) is 21.9 Å². The Hall–Kier alpha value is -5.39. The third kappa shape index (κ3) is 8.02. The Morgan fingerprint density at radius 3 is 2.21 bits per heavy atom. The Kier molecular flexibility index (Phi) is 11.2. The van der Waals surface area contributed by atoms with E-state index >= 15 is 0 Å². The van der Waals surface area contributed by atoms with Gasteiger partial charge in [-0.1, -0.05) is 144 Å². The molecule has 0 spiro atoms. The van der Waals surface area contributed by atoms with Crippen molar-refractivity contribution in [3.63, 3.8) is 0 Å². The van der Waals surface area contributed by atoms with E-state index in [9.17, 15) is 0 Å². The molecule has 0 aliphatic carbocycles. The zero-order valence-electron chi connectivity index (χ0n) is 35.4. The number of benzene rings is 6. The molecule has 9 aromatic rings. The predicted octanol–water partition coefficient (Wildman–Crippen LogP) is 13.6. The predicted molar refractivity (Wildman–Crippen MR) is 242 cm³/mol. The molecule has 4 nitrogen and oxygen atoms in total. The minimum Gasteiger partial charge on any atom is -0.501 e. The number of hydrogen-bond acceptors (Lipinski definition) is 3. The van der Waals surface area contributed by atoms with Crippen LogP contribution in [0.2, 0.25) is 19.6 Å². The largest absolute Gasteiger partial charge is 0.501 e. The first-order valence-electron chi connectivity index (χ1n) is 20.2. The van der Waals surface area contributed by atoms with Gasteiger partial charge >= 0.3 is 0 Å². The van der Waals surface area contributed by atoms with E-state index in [2.05, 4.69) is 147 Å². The number of rotatable bonds is 6. The summed E-state index contributed by atoms with van der Waals surface area (Å²) in [6.45, 7) is 17.6. The molecule has 6 heteroatoms. The molecule has 0 amide bonds. The summed E-state index contributed by atoms with van der Waals surface area (Å²) in [4.78, 5) is 9.77. The number of pyridine rings is 1. The van der Waals surface area contributed by atoms with Crippen molar-refractivity contribution in [2.75, 3.05) is 0 Å². The zero-order valence-corrected chi connectivity index (χ0v) is 37.8. The Labute approximate surface area is 358 Å². The van der Waals surface area contributed by atoms with Crippen LogP contribution in [-0.4, -0.2) is 22.6 Å². The molecule has 9 rings (SSSR count). The molecule has 0 fully saturated rings. The molecule has 1 radical (unpaired) electrons. The van der Waals surface area contributed by atoms with Crippen LogP contribution in [0.15, 0.2) is 150 Å². The summed E-state index contributed by atoms with van der Waals surface area (Å²) in [5.41, 5.74) is 12.2. The quantitative estimate of drug-likeness (QED) is 0.123. The molecular weight excluding hydrogens is 903 g/mol. The summed E-state index contributed by atoms with van der Waals surface area (Å²) in [6.07, 6.45) is 1.98. The molecule has 0 bridgehead atoms. The number of hydrogen-bond donors (Lipinski definition) is 0. The molecule has 0 atom stereocenters. The third-order valence-electron chi connectivity index (χ3n) is 10.5. The van der Waals surface area contributed by atoms with E-state index in [4.69, 9.17) is 10.8 Å². The SMILES string of the molecule is CC(C)(C)c1ccc(-n2c(-c3[c-]ccc4c3oc3ccccc34)nc3ccccc32)c(-c2ccccc2)c1.[2H]C(C)(C)c1cc(-c2[c-]cccc2)ncc1[Si](C)(C)C.[Ir]. The van der Waals surface area contributed by atoms with Crippen molar-refractivity contribution in [1.82, 2.24) is 14.5 Å². The first kappa shape index (κ1) is 39.4. The maximum Gasteiger partial charge on any atom is 0.120 e. The van der Waals surface area contributed by atoms with Gasteiger partial charge in [0.25, 0.3) is 0 Å². The fourth-order valence-corrected chi connectivity index (χ4v) is 9.09. The molecule has 3 aromatic heterocycles. The van der Waals surface area contributed by atoms with Crippen molar-refractivity contribution in [2.24, 2.45) is 0 Å². The van der Waals surface area contributed by atoms with Crippen molar-refractivity contribution < 1.29 is 25.9 Å². The minimum absolute atomic E-state index is 0. The molecule has 0 saturated heterocycles. The van der Waals surface area contributed by atoms with E-state index < -0.39 is 14.0 Å². The van der Waals surface area contributed by atoms with E-state index in [1.54, 1.807) is 0 Å². The number of para-hydroxylation sites is 3. The normalized spacial score (nSPS) is 12.2. The van der Waals surface area contributed by atoms with Crippen LogP contribution in [0.25, 0.3) is 72.4 Å². The fourth-order valence-electron chi connectivity index (χ4n) is 7.51. The minimum atomic E-state index is -1.50. The van der Waals surface area contributed by atoms with Gasteiger partial charge in [0.15, 0.2) is 0 Å². The van der Waals surface area contributed by atoms with Gasteiger partial charge in [0.05, 0.1) is 30.5 Å². The summed E-state index contributed by atoms with van der Waals surface area (Å²) >= 11 is 0. The second-order valence-corrected chi connectivity index (χ2v) is 22.0. The van der Waals surface area contributed by atoms with E-state index in [1.807, 2.05) is 74.6 Å². The Balaban J connectivity index is 0.000000214. The number of fused-ring (bicyclic) bond motifs is 4. The first-order chi connectivity index (χ1) is 27.7. The van der Waals surface area contributed by atoms with E-state index in [-0.39, 0.29) is 25.5 Å². The second kappa shape index (κ2) is 16.5. The van der Waals surface area contributed by atoms with Gasteiger partial charge in [-0.25, -0.2) is 0 Å². The summed E-state index contributed by atoms with van der Waals surface area (Å²) in [7, 11) is -1.50. The molecule has 6 aromatic carbocycles. The summed E-state index contributed by atoms with van der Waals surface area (Å²) in [5, 5.41) is 3.44. The van der Waals surface area contributed by atoms with Crippen LogP contribution < -0.4 is 5.19 Å². The van der Waals surface area contributed by atoms with Gasteiger partial charge in [-0.15, -0.1) is 54.1 Å². The summed E-state index contributed by atoms with van der Waals surface area (Å²) in [5.74, 6) is 0.207. The molecule has 0 saturated carbocycles. The fraction of sp³-hybridized carbons (Fsp3) is 0.192. The van der Waals surface area contributed by atoms with Crippen LogP contribution >= 0.6 is 0 Å². The van der Waals surface area contributed by atoms with Crippen LogP contribution in [0.4, 0.5) is 0 Å². The van der Waals surface area contributed by atoms with Gasteiger partial charge in [-0.3, -0.25) is 4.98 Å². The molecular formula is C52H49IrN3OSi-2. The number of furan rings is 1. The smallest absolute Gasteiger partial charge is 0.120 e. The van der Waals surface area contributed by atoms with Crippen molar-refractivity contribution in [3.05, 3.63) is 169 Å². The topological polar surface area (TPSA) is 43.9 Å². The summed E-state index contributed by atoms with van der Waals surface area (Å²) < 4.78 is 17.1.